The number of para-hydroxylation sites is 1. The van der Waals surface area contributed by atoms with Crippen LogP contribution in [0.2, 0.25) is 0 Å². The standard InChI is InChI=1S/C15H16O2/c1-12-5-2-3-8-15(12)17-11-14-7-4-6-13(9-14)10-16/h2-9,16H,10-11H2,1H3. The van der Waals surface area contributed by atoms with Crippen molar-refractivity contribution in [1.82, 2.24) is 0 Å². The first-order chi connectivity index (χ1) is 8.29. The smallest absolute Gasteiger partial charge is 0.122 e. The van der Waals surface area contributed by atoms with E-state index in [0.29, 0.717) is 6.61 Å². The van der Waals surface area contributed by atoms with Crippen molar-refractivity contribution < 1.29 is 9.84 Å². The van der Waals surface area contributed by atoms with E-state index in [-0.39, 0.29) is 6.61 Å². The Bertz CT molecular complexity index is 492. The van der Waals surface area contributed by atoms with Gasteiger partial charge in [-0.2, -0.15) is 0 Å². The SMILES string of the molecule is Cc1ccccc1OCc1cccc(CO)c1. The second-order valence-corrected chi connectivity index (χ2v) is 4.03. The Morgan fingerprint density at radius 1 is 1.00 bits per heavy atom. The molecule has 0 spiro atoms. The number of hydrogen-bond donors (Lipinski definition) is 1. The van der Waals surface area contributed by atoms with Gasteiger partial charge in [-0.15, -0.1) is 0 Å². The maximum atomic E-state index is 9.05. The summed E-state index contributed by atoms with van der Waals surface area (Å²) < 4.78 is 5.74. The van der Waals surface area contributed by atoms with Crippen LogP contribution < -0.4 is 4.74 Å². The number of aliphatic hydroxyl groups is 1. The Balaban J connectivity index is 2.05. The minimum atomic E-state index is 0.0677. The van der Waals surface area contributed by atoms with E-state index in [1.807, 2.05) is 55.5 Å². The third-order valence-electron chi connectivity index (χ3n) is 2.66. The average Bonchev–Trinajstić information content (AvgIpc) is 2.38. The molecule has 0 bridgehead atoms. The first-order valence-electron chi connectivity index (χ1n) is 5.66. The van der Waals surface area contributed by atoms with Crippen LogP contribution in [0.15, 0.2) is 48.5 Å². The zero-order chi connectivity index (χ0) is 12.1. The molecule has 0 aliphatic carbocycles. The number of benzene rings is 2. The summed E-state index contributed by atoms with van der Waals surface area (Å²) in [6, 6.07) is 15.7. The maximum absolute atomic E-state index is 9.05. The van der Waals surface area contributed by atoms with Crippen LogP contribution in [-0.2, 0) is 13.2 Å². The predicted octanol–water partition coefficient (Wildman–Crippen LogP) is 3.07. The van der Waals surface area contributed by atoms with Crippen LogP contribution in [0.1, 0.15) is 16.7 Å². The molecule has 2 aromatic carbocycles. The van der Waals surface area contributed by atoms with Crippen molar-refractivity contribution >= 4 is 0 Å². The molecule has 17 heavy (non-hydrogen) atoms. The Labute approximate surface area is 101 Å². The Hall–Kier alpha value is -1.80. The number of aliphatic hydroxyl groups excluding tert-OH is 1. The maximum Gasteiger partial charge on any atom is 0.122 e. The van der Waals surface area contributed by atoms with Gasteiger partial charge in [-0.25, -0.2) is 0 Å². The van der Waals surface area contributed by atoms with E-state index in [1.54, 1.807) is 0 Å². The molecule has 0 fully saturated rings. The van der Waals surface area contributed by atoms with Crippen molar-refractivity contribution in [2.75, 3.05) is 0 Å². The van der Waals surface area contributed by atoms with E-state index in [9.17, 15) is 0 Å². The second kappa shape index (κ2) is 5.51. The molecule has 0 aliphatic rings. The fourth-order valence-corrected chi connectivity index (χ4v) is 1.70. The van der Waals surface area contributed by atoms with Gasteiger partial charge in [0.05, 0.1) is 6.61 Å². The van der Waals surface area contributed by atoms with Gasteiger partial charge in [0, 0.05) is 0 Å². The zero-order valence-electron chi connectivity index (χ0n) is 9.89. The van der Waals surface area contributed by atoms with Crippen LogP contribution >= 0.6 is 0 Å². The summed E-state index contributed by atoms with van der Waals surface area (Å²) in [4.78, 5) is 0. The van der Waals surface area contributed by atoms with E-state index in [2.05, 4.69) is 0 Å². The normalized spacial score (nSPS) is 10.2. The monoisotopic (exact) mass is 228 g/mol. The van der Waals surface area contributed by atoms with Crippen molar-refractivity contribution in [3.8, 4) is 5.75 Å². The van der Waals surface area contributed by atoms with E-state index < -0.39 is 0 Å². The van der Waals surface area contributed by atoms with E-state index in [4.69, 9.17) is 9.84 Å². The highest BCUT2D eigenvalue weighted by Crippen LogP contribution is 2.18. The molecule has 0 saturated heterocycles. The number of hydrogen-bond acceptors (Lipinski definition) is 2. The van der Waals surface area contributed by atoms with Gasteiger partial charge in [0.2, 0.25) is 0 Å². The third kappa shape index (κ3) is 3.08. The molecule has 2 heteroatoms. The molecule has 1 N–H and O–H groups in total. The second-order valence-electron chi connectivity index (χ2n) is 4.03. The number of rotatable bonds is 4. The molecule has 0 unspecified atom stereocenters. The molecule has 0 amide bonds. The molecule has 88 valence electrons. The van der Waals surface area contributed by atoms with Gasteiger partial charge < -0.3 is 9.84 Å². The lowest BCUT2D eigenvalue weighted by Gasteiger charge is -2.09. The van der Waals surface area contributed by atoms with Gasteiger partial charge in [0.25, 0.3) is 0 Å². The molecule has 0 aliphatic heterocycles. The van der Waals surface area contributed by atoms with E-state index in [1.165, 1.54) is 0 Å². The minimum Gasteiger partial charge on any atom is -0.489 e. The van der Waals surface area contributed by atoms with Crippen LogP contribution in [0.4, 0.5) is 0 Å². The van der Waals surface area contributed by atoms with Gasteiger partial charge in [-0.1, -0.05) is 42.5 Å². The molecule has 2 rings (SSSR count). The highest BCUT2D eigenvalue weighted by molar-refractivity contribution is 5.32. The summed E-state index contributed by atoms with van der Waals surface area (Å²) in [6.07, 6.45) is 0. The highest BCUT2D eigenvalue weighted by atomic mass is 16.5. The summed E-state index contributed by atoms with van der Waals surface area (Å²) in [6.45, 7) is 2.62. The van der Waals surface area contributed by atoms with E-state index >= 15 is 0 Å². The van der Waals surface area contributed by atoms with Crippen LogP contribution in [0.3, 0.4) is 0 Å². The van der Waals surface area contributed by atoms with Crippen LogP contribution in [0.5, 0.6) is 5.75 Å². The summed E-state index contributed by atoms with van der Waals surface area (Å²) in [5.74, 6) is 0.905. The summed E-state index contributed by atoms with van der Waals surface area (Å²) in [7, 11) is 0. The lowest BCUT2D eigenvalue weighted by Crippen LogP contribution is -1.97. The van der Waals surface area contributed by atoms with Gasteiger partial charge >= 0.3 is 0 Å². The molecule has 2 aromatic rings. The van der Waals surface area contributed by atoms with Gasteiger partial charge in [-0.05, 0) is 29.7 Å². The largest absolute Gasteiger partial charge is 0.489 e. The molecule has 0 saturated carbocycles. The molecular weight excluding hydrogens is 212 g/mol. The van der Waals surface area contributed by atoms with Crippen molar-refractivity contribution in [2.45, 2.75) is 20.1 Å². The topological polar surface area (TPSA) is 29.5 Å². The third-order valence-corrected chi connectivity index (χ3v) is 2.66. The lowest BCUT2D eigenvalue weighted by molar-refractivity contribution is 0.280. The molecule has 0 heterocycles. The van der Waals surface area contributed by atoms with E-state index in [0.717, 1.165) is 22.4 Å². The molecular formula is C15H16O2. The van der Waals surface area contributed by atoms with Crippen molar-refractivity contribution in [1.29, 1.82) is 0 Å². The average molecular weight is 228 g/mol. The predicted molar refractivity (Wildman–Crippen MR) is 67.9 cm³/mol. The van der Waals surface area contributed by atoms with Gasteiger partial charge in [0.15, 0.2) is 0 Å². The Morgan fingerprint density at radius 2 is 1.76 bits per heavy atom. The molecule has 2 nitrogen and oxygen atoms in total. The fraction of sp³-hybridized carbons (Fsp3) is 0.200. The van der Waals surface area contributed by atoms with Crippen molar-refractivity contribution in [3.05, 3.63) is 65.2 Å². The van der Waals surface area contributed by atoms with Gasteiger partial charge in [-0.3, -0.25) is 0 Å². The lowest BCUT2D eigenvalue weighted by atomic mass is 10.1. The summed E-state index contributed by atoms with van der Waals surface area (Å²) in [5.41, 5.74) is 3.11. The van der Waals surface area contributed by atoms with Crippen molar-refractivity contribution in [3.63, 3.8) is 0 Å². The van der Waals surface area contributed by atoms with Crippen LogP contribution in [-0.4, -0.2) is 5.11 Å². The first-order valence-corrected chi connectivity index (χ1v) is 5.66. The fourth-order valence-electron chi connectivity index (χ4n) is 1.70. The Morgan fingerprint density at radius 3 is 2.53 bits per heavy atom. The first kappa shape index (κ1) is 11.7. The minimum absolute atomic E-state index is 0.0677. The van der Waals surface area contributed by atoms with Crippen molar-refractivity contribution in [2.24, 2.45) is 0 Å². The van der Waals surface area contributed by atoms with Crippen LogP contribution in [0.25, 0.3) is 0 Å². The van der Waals surface area contributed by atoms with Crippen LogP contribution in [0, 0.1) is 6.92 Å². The Kier molecular flexibility index (Phi) is 3.78. The molecule has 0 aromatic heterocycles. The number of ether oxygens (including phenoxy) is 1. The molecule has 0 radical (unpaired) electrons. The van der Waals surface area contributed by atoms with Gasteiger partial charge in [0.1, 0.15) is 12.4 Å². The highest BCUT2D eigenvalue weighted by Gasteiger charge is 1.99. The zero-order valence-corrected chi connectivity index (χ0v) is 9.89. The quantitative estimate of drug-likeness (QED) is 0.871. The molecule has 0 atom stereocenters. The summed E-state index contributed by atoms with van der Waals surface area (Å²) >= 11 is 0. The summed E-state index contributed by atoms with van der Waals surface area (Å²) in [5, 5.41) is 9.05. The number of aryl methyl sites for hydroxylation is 1.